The Morgan fingerprint density at radius 2 is 1.68 bits per heavy atom. The molecular weight excluding hydrogens is 234 g/mol. The highest BCUT2D eigenvalue weighted by molar-refractivity contribution is 4.88. The molecule has 0 spiro atoms. The van der Waals surface area contributed by atoms with Gasteiger partial charge in [0.15, 0.2) is 0 Å². The van der Waals surface area contributed by atoms with Crippen LogP contribution in [0.15, 0.2) is 0 Å². The quantitative estimate of drug-likeness (QED) is 0.781. The average molecular weight is 267 g/mol. The first-order chi connectivity index (χ1) is 9.35. The molecule has 0 aromatic rings. The van der Waals surface area contributed by atoms with Gasteiger partial charge < -0.3 is 10.1 Å². The van der Waals surface area contributed by atoms with E-state index < -0.39 is 0 Å². The van der Waals surface area contributed by atoms with E-state index in [0.29, 0.717) is 6.04 Å². The maximum Gasteiger partial charge on any atom is 0.0615 e. The fourth-order valence-corrected chi connectivity index (χ4v) is 4.28. The van der Waals surface area contributed by atoms with Crippen molar-refractivity contribution < 1.29 is 4.74 Å². The number of rotatable bonds is 6. The Hall–Kier alpha value is -0.0800. The van der Waals surface area contributed by atoms with Crippen LogP contribution in [0.3, 0.4) is 0 Å². The SMILES string of the molecule is CCC(COC)NC1CCCCC1C1CCCCC1. The van der Waals surface area contributed by atoms with E-state index >= 15 is 0 Å². The van der Waals surface area contributed by atoms with Crippen molar-refractivity contribution in [2.45, 2.75) is 83.2 Å². The summed E-state index contributed by atoms with van der Waals surface area (Å²) in [5, 5.41) is 3.93. The molecule has 0 bridgehead atoms. The molecule has 2 aliphatic carbocycles. The van der Waals surface area contributed by atoms with Crippen molar-refractivity contribution in [2.75, 3.05) is 13.7 Å². The van der Waals surface area contributed by atoms with E-state index in [9.17, 15) is 0 Å². The third-order valence-corrected chi connectivity index (χ3v) is 5.39. The minimum atomic E-state index is 0.555. The molecule has 112 valence electrons. The first kappa shape index (κ1) is 15.3. The van der Waals surface area contributed by atoms with Crippen LogP contribution in [0.4, 0.5) is 0 Å². The van der Waals surface area contributed by atoms with Gasteiger partial charge in [-0.2, -0.15) is 0 Å². The van der Waals surface area contributed by atoms with Gasteiger partial charge in [-0.05, 0) is 31.1 Å². The molecule has 2 rings (SSSR count). The molecule has 3 unspecified atom stereocenters. The Balaban J connectivity index is 1.90. The van der Waals surface area contributed by atoms with Gasteiger partial charge in [0.05, 0.1) is 6.61 Å². The zero-order valence-corrected chi connectivity index (χ0v) is 13.0. The van der Waals surface area contributed by atoms with Crippen molar-refractivity contribution in [3.8, 4) is 0 Å². The molecule has 2 aliphatic rings. The van der Waals surface area contributed by atoms with E-state index in [4.69, 9.17) is 4.74 Å². The van der Waals surface area contributed by atoms with Crippen LogP contribution in [0.2, 0.25) is 0 Å². The molecule has 19 heavy (non-hydrogen) atoms. The highest BCUT2D eigenvalue weighted by Crippen LogP contribution is 2.38. The summed E-state index contributed by atoms with van der Waals surface area (Å²) >= 11 is 0. The summed E-state index contributed by atoms with van der Waals surface area (Å²) in [4.78, 5) is 0. The molecule has 0 aromatic heterocycles. The van der Waals surface area contributed by atoms with Crippen LogP contribution in [-0.2, 0) is 4.74 Å². The number of hydrogen-bond donors (Lipinski definition) is 1. The van der Waals surface area contributed by atoms with Gasteiger partial charge >= 0.3 is 0 Å². The van der Waals surface area contributed by atoms with Gasteiger partial charge in [0, 0.05) is 19.2 Å². The van der Waals surface area contributed by atoms with Crippen molar-refractivity contribution in [2.24, 2.45) is 11.8 Å². The second kappa shape index (κ2) is 8.26. The second-order valence-corrected chi connectivity index (χ2v) is 6.68. The number of hydrogen-bond acceptors (Lipinski definition) is 2. The second-order valence-electron chi connectivity index (χ2n) is 6.68. The number of nitrogens with one attached hydrogen (secondary N) is 1. The van der Waals surface area contributed by atoms with Crippen LogP contribution in [0, 0.1) is 11.8 Å². The normalized spacial score (nSPS) is 31.3. The van der Waals surface area contributed by atoms with E-state index in [0.717, 1.165) is 24.5 Å². The highest BCUT2D eigenvalue weighted by atomic mass is 16.5. The Labute approximate surface area is 119 Å². The molecule has 2 nitrogen and oxygen atoms in total. The van der Waals surface area contributed by atoms with Gasteiger partial charge in [-0.1, -0.05) is 51.9 Å². The zero-order chi connectivity index (χ0) is 13.5. The van der Waals surface area contributed by atoms with Crippen LogP contribution in [0.1, 0.15) is 71.1 Å². The van der Waals surface area contributed by atoms with Gasteiger partial charge in [-0.15, -0.1) is 0 Å². The molecule has 0 saturated heterocycles. The maximum atomic E-state index is 5.35. The van der Waals surface area contributed by atoms with Crippen molar-refractivity contribution in [1.29, 1.82) is 0 Å². The van der Waals surface area contributed by atoms with E-state index in [1.54, 1.807) is 0 Å². The lowest BCUT2D eigenvalue weighted by Crippen LogP contribution is -2.48. The van der Waals surface area contributed by atoms with Crippen LogP contribution < -0.4 is 5.32 Å². The Bertz CT molecular complexity index is 237. The molecular formula is C17H33NO. The number of methoxy groups -OCH3 is 1. The molecule has 2 saturated carbocycles. The minimum absolute atomic E-state index is 0.555. The Morgan fingerprint density at radius 3 is 2.37 bits per heavy atom. The summed E-state index contributed by atoms with van der Waals surface area (Å²) < 4.78 is 5.35. The third kappa shape index (κ3) is 4.46. The van der Waals surface area contributed by atoms with Gasteiger partial charge in [0.25, 0.3) is 0 Å². The van der Waals surface area contributed by atoms with Crippen LogP contribution in [0.25, 0.3) is 0 Å². The summed E-state index contributed by atoms with van der Waals surface area (Å²) in [7, 11) is 1.82. The Kier molecular flexibility index (Phi) is 6.66. The van der Waals surface area contributed by atoms with Crippen molar-refractivity contribution >= 4 is 0 Å². The van der Waals surface area contributed by atoms with E-state index in [1.807, 2.05) is 7.11 Å². The fraction of sp³-hybridized carbons (Fsp3) is 1.00. The Morgan fingerprint density at radius 1 is 1.00 bits per heavy atom. The minimum Gasteiger partial charge on any atom is -0.383 e. The van der Waals surface area contributed by atoms with Crippen molar-refractivity contribution in [3.63, 3.8) is 0 Å². The summed E-state index contributed by atoms with van der Waals surface area (Å²) in [5.74, 6) is 1.95. The van der Waals surface area contributed by atoms with Gasteiger partial charge in [0.2, 0.25) is 0 Å². The summed E-state index contributed by atoms with van der Waals surface area (Å²) in [6.45, 7) is 3.14. The van der Waals surface area contributed by atoms with Crippen LogP contribution >= 0.6 is 0 Å². The molecule has 1 N–H and O–H groups in total. The molecule has 2 fully saturated rings. The predicted octanol–water partition coefficient (Wildman–Crippen LogP) is 4.14. The lowest BCUT2D eigenvalue weighted by atomic mass is 9.71. The monoisotopic (exact) mass is 267 g/mol. The maximum absolute atomic E-state index is 5.35. The average Bonchev–Trinajstić information content (AvgIpc) is 2.48. The lowest BCUT2D eigenvalue weighted by molar-refractivity contribution is 0.112. The smallest absolute Gasteiger partial charge is 0.0615 e. The molecule has 0 heterocycles. The van der Waals surface area contributed by atoms with Crippen molar-refractivity contribution in [1.82, 2.24) is 5.32 Å². The zero-order valence-electron chi connectivity index (χ0n) is 13.0. The van der Waals surface area contributed by atoms with Crippen LogP contribution in [-0.4, -0.2) is 25.8 Å². The molecule has 0 amide bonds. The summed E-state index contributed by atoms with van der Waals surface area (Å²) in [6.07, 6.45) is 14.3. The van der Waals surface area contributed by atoms with Crippen molar-refractivity contribution in [3.05, 3.63) is 0 Å². The molecule has 0 aromatic carbocycles. The topological polar surface area (TPSA) is 21.3 Å². The summed E-state index contributed by atoms with van der Waals surface area (Å²) in [6, 6.07) is 1.32. The fourth-order valence-electron chi connectivity index (χ4n) is 4.28. The first-order valence-electron chi connectivity index (χ1n) is 8.60. The first-order valence-corrected chi connectivity index (χ1v) is 8.60. The lowest BCUT2D eigenvalue weighted by Gasteiger charge is -2.41. The third-order valence-electron chi connectivity index (χ3n) is 5.39. The number of ether oxygens (including phenoxy) is 1. The predicted molar refractivity (Wildman–Crippen MR) is 81.4 cm³/mol. The van der Waals surface area contributed by atoms with Gasteiger partial charge in [0.1, 0.15) is 0 Å². The molecule has 3 atom stereocenters. The summed E-state index contributed by atoms with van der Waals surface area (Å²) in [5.41, 5.74) is 0. The molecule has 0 aliphatic heterocycles. The standard InChI is InChI=1S/C17H33NO/c1-3-15(13-19-2)18-17-12-8-7-11-16(17)14-9-5-4-6-10-14/h14-18H,3-13H2,1-2H3. The molecule has 2 heteroatoms. The van der Waals surface area contributed by atoms with E-state index in [-0.39, 0.29) is 0 Å². The van der Waals surface area contributed by atoms with E-state index in [1.165, 1.54) is 64.2 Å². The van der Waals surface area contributed by atoms with Gasteiger partial charge in [-0.3, -0.25) is 0 Å². The van der Waals surface area contributed by atoms with Gasteiger partial charge in [-0.25, -0.2) is 0 Å². The largest absolute Gasteiger partial charge is 0.383 e. The molecule has 0 radical (unpaired) electrons. The highest BCUT2D eigenvalue weighted by Gasteiger charge is 2.33. The van der Waals surface area contributed by atoms with Crippen LogP contribution in [0.5, 0.6) is 0 Å². The van der Waals surface area contributed by atoms with E-state index in [2.05, 4.69) is 12.2 Å².